The summed E-state index contributed by atoms with van der Waals surface area (Å²) in [6.45, 7) is 0.395. The SMILES string of the molecule is O=C(NCc1cccnc1)C(Cc1ccccn1)c1ccc(F)cc1. The van der Waals surface area contributed by atoms with Crippen LogP contribution >= 0.6 is 0 Å². The van der Waals surface area contributed by atoms with Crippen LogP contribution in [0, 0.1) is 5.82 Å². The number of hydrogen-bond acceptors (Lipinski definition) is 3. The Bertz CT molecular complexity index is 807. The minimum Gasteiger partial charge on any atom is -0.351 e. The third-order valence-electron chi connectivity index (χ3n) is 3.92. The molecule has 3 rings (SSSR count). The van der Waals surface area contributed by atoms with Gasteiger partial charge in [-0.3, -0.25) is 14.8 Å². The van der Waals surface area contributed by atoms with E-state index in [1.165, 1.54) is 12.1 Å². The maximum Gasteiger partial charge on any atom is 0.228 e. The molecule has 0 saturated carbocycles. The summed E-state index contributed by atoms with van der Waals surface area (Å²) in [4.78, 5) is 21.1. The Morgan fingerprint density at radius 2 is 1.88 bits per heavy atom. The van der Waals surface area contributed by atoms with Crippen LogP contribution in [0.25, 0.3) is 0 Å². The second kappa shape index (κ2) is 8.15. The van der Waals surface area contributed by atoms with E-state index in [2.05, 4.69) is 15.3 Å². The fourth-order valence-electron chi connectivity index (χ4n) is 2.60. The lowest BCUT2D eigenvalue weighted by Gasteiger charge is -2.17. The predicted octanol–water partition coefficient (Wildman–Crippen LogP) is 3.26. The maximum absolute atomic E-state index is 13.2. The Labute approximate surface area is 145 Å². The quantitative estimate of drug-likeness (QED) is 0.752. The maximum atomic E-state index is 13.2. The van der Waals surface area contributed by atoms with Crippen LogP contribution in [-0.2, 0) is 17.8 Å². The van der Waals surface area contributed by atoms with Crippen LogP contribution in [0.3, 0.4) is 0 Å². The van der Waals surface area contributed by atoms with Gasteiger partial charge >= 0.3 is 0 Å². The largest absolute Gasteiger partial charge is 0.351 e. The van der Waals surface area contributed by atoms with Gasteiger partial charge in [0, 0.05) is 37.3 Å². The summed E-state index contributed by atoms with van der Waals surface area (Å²) in [5.41, 5.74) is 2.50. The van der Waals surface area contributed by atoms with Gasteiger partial charge in [-0.2, -0.15) is 0 Å². The first-order chi connectivity index (χ1) is 12.2. The zero-order valence-corrected chi connectivity index (χ0v) is 13.6. The third kappa shape index (κ3) is 4.70. The highest BCUT2D eigenvalue weighted by atomic mass is 19.1. The topological polar surface area (TPSA) is 54.9 Å². The standard InChI is InChI=1S/C20H18FN3O/c21-17-8-6-16(7-9-17)19(12-18-5-1-2-11-23-18)20(25)24-14-15-4-3-10-22-13-15/h1-11,13,19H,12,14H2,(H,24,25). The molecule has 1 amide bonds. The molecule has 2 aromatic heterocycles. The van der Waals surface area contributed by atoms with E-state index in [4.69, 9.17) is 0 Å². The molecule has 0 aliphatic heterocycles. The number of aromatic nitrogens is 2. The van der Waals surface area contributed by atoms with E-state index in [1.807, 2.05) is 30.3 Å². The van der Waals surface area contributed by atoms with E-state index in [0.29, 0.717) is 13.0 Å². The molecule has 5 heteroatoms. The molecule has 0 bridgehead atoms. The number of halogens is 1. The fourth-order valence-corrected chi connectivity index (χ4v) is 2.60. The number of nitrogens with zero attached hydrogens (tertiary/aromatic N) is 2. The number of hydrogen-bond donors (Lipinski definition) is 1. The van der Waals surface area contributed by atoms with Gasteiger partial charge < -0.3 is 5.32 Å². The molecule has 1 N–H and O–H groups in total. The van der Waals surface area contributed by atoms with Gasteiger partial charge in [0.2, 0.25) is 5.91 Å². The number of rotatable bonds is 6. The highest BCUT2D eigenvalue weighted by molar-refractivity contribution is 5.83. The Hall–Kier alpha value is -3.08. The molecule has 1 unspecified atom stereocenters. The van der Waals surface area contributed by atoms with Crippen LogP contribution in [0.1, 0.15) is 22.7 Å². The lowest BCUT2D eigenvalue weighted by molar-refractivity contribution is -0.122. The van der Waals surface area contributed by atoms with Crippen LogP contribution < -0.4 is 5.32 Å². The number of carbonyl (C=O) groups excluding carboxylic acids is 1. The summed E-state index contributed by atoms with van der Waals surface area (Å²) >= 11 is 0. The molecule has 0 aliphatic carbocycles. The molecule has 1 aromatic carbocycles. The van der Waals surface area contributed by atoms with Crippen molar-refractivity contribution in [1.29, 1.82) is 0 Å². The summed E-state index contributed by atoms with van der Waals surface area (Å²) in [5, 5.41) is 2.93. The molecular formula is C20H18FN3O. The molecular weight excluding hydrogens is 317 g/mol. The van der Waals surface area contributed by atoms with Gasteiger partial charge in [-0.25, -0.2) is 4.39 Å². The van der Waals surface area contributed by atoms with Crippen molar-refractivity contribution in [3.8, 4) is 0 Å². The van der Waals surface area contributed by atoms with Gasteiger partial charge in [-0.05, 0) is 41.5 Å². The lowest BCUT2D eigenvalue weighted by atomic mass is 9.93. The summed E-state index contributed by atoms with van der Waals surface area (Å²) < 4.78 is 13.2. The van der Waals surface area contributed by atoms with Crippen LogP contribution in [0.4, 0.5) is 4.39 Å². The van der Waals surface area contributed by atoms with Crippen molar-refractivity contribution in [3.63, 3.8) is 0 Å². The van der Waals surface area contributed by atoms with Crippen molar-refractivity contribution in [1.82, 2.24) is 15.3 Å². The highest BCUT2D eigenvalue weighted by Crippen LogP contribution is 2.21. The lowest BCUT2D eigenvalue weighted by Crippen LogP contribution is -2.30. The van der Waals surface area contributed by atoms with E-state index in [-0.39, 0.29) is 11.7 Å². The molecule has 25 heavy (non-hydrogen) atoms. The highest BCUT2D eigenvalue weighted by Gasteiger charge is 2.21. The van der Waals surface area contributed by atoms with Gasteiger partial charge in [0.25, 0.3) is 0 Å². The first-order valence-electron chi connectivity index (χ1n) is 8.04. The zero-order valence-electron chi connectivity index (χ0n) is 13.6. The Balaban J connectivity index is 1.77. The average Bonchev–Trinajstić information content (AvgIpc) is 2.67. The number of amides is 1. The molecule has 0 spiro atoms. The molecule has 4 nitrogen and oxygen atoms in total. The second-order valence-electron chi connectivity index (χ2n) is 5.71. The summed E-state index contributed by atoms with van der Waals surface area (Å²) in [6.07, 6.45) is 5.55. The van der Waals surface area contributed by atoms with Crippen molar-refractivity contribution in [3.05, 3.63) is 95.8 Å². The van der Waals surface area contributed by atoms with Crippen LogP contribution in [-0.4, -0.2) is 15.9 Å². The monoisotopic (exact) mass is 335 g/mol. The molecule has 0 aliphatic rings. The third-order valence-corrected chi connectivity index (χ3v) is 3.92. The Kier molecular flexibility index (Phi) is 5.46. The molecule has 126 valence electrons. The van der Waals surface area contributed by atoms with Crippen molar-refractivity contribution < 1.29 is 9.18 Å². The van der Waals surface area contributed by atoms with Gasteiger partial charge in [-0.15, -0.1) is 0 Å². The van der Waals surface area contributed by atoms with Crippen LogP contribution in [0.5, 0.6) is 0 Å². The van der Waals surface area contributed by atoms with E-state index < -0.39 is 5.92 Å². The van der Waals surface area contributed by atoms with Crippen LogP contribution in [0.2, 0.25) is 0 Å². The summed E-state index contributed by atoms with van der Waals surface area (Å²) in [5.74, 6) is -0.885. The fraction of sp³-hybridized carbons (Fsp3) is 0.150. The zero-order chi connectivity index (χ0) is 17.5. The minimum atomic E-state index is -0.438. The smallest absolute Gasteiger partial charge is 0.228 e. The van der Waals surface area contributed by atoms with E-state index in [1.54, 1.807) is 30.7 Å². The first kappa shape index (κ1) is 16.8. The van der Waals surface area contributed by atoms with Crippen molar-refractivity contribution in [2.24, 2.45) is 0 Å². The number of carbonyl (C=O) groups is 1. The van der Waals surface area contributed by atoms with Crippen molar-refractivity contribution in [2.75, 3.05) is 0 Å². The number of benzene rings is 1. The summed E-state index contributed by atoms with van der Waals surface area (Å²) in [6, 6.07) is 15.4. The molecule has 2 heterocycles. The average molecular weight is 335 g/mol. The Morgan fingerprint density at radius 1 is 1.04 bits per heavy atom. The van der Waals surface area contributed by atoms with Crippen LogP contribution in [0.15, 0.2) is 73.2 Å². The molecule has 0 saturated heterocycles. The first-order valence-corrected chi connectivity index (χ1v) is 8.04. The van der Waals surface area contributed by atoms with Crippen molar-refractivity contribution in [2.45, 2.75) is 18.9 Å². The minimum absolute atomic E-state index is 0.124. The predicted molar refractivity (Wildman–Crippen MR) is 93.2 cm³/mol. The molecule has 0 fully saturated rings. The molecule has 3 aromatic rings. The molecule has 0 radical (unpaired) electrons. The van der Waals surface area contributed by atoms with E-state index in [9.17, 15) is 9.18 Å². The summed E-state index contributed by atoms with van der Waals surface area (Å²) in [7, 11) is 0. The normalized spacial score (nSPS) is 11.7. The second-order valence-corrected chi connectivity index (χ2v) is 5.71. The van der Waals surface area contributed by atoms with Gasteiger partial charge in [-0.1, -0.05) is 24.3 Å². The molecule has 1 atom stereocenters. The number of pyridine rings is 2. The van der Waals surface area contributed by atoms with E-state index >= 15 is 0 Å². The van der Waals surface area contributed by atoms with Gasteiger partial charge in [0.15, 0.2) is 0 Å². The van der Waals surface area contributed by atoms with Gasteiger partial charge in [0.05, 0.1) is 5.92 Å². The Morgan fingerprint density at radius 3 is 2.56 bits per heavy atom. The number of nitrogens with one attached hydrogen (secondary N) is 1. The van der Waals surface area contributed by atoms with E-state index in [0.717, 1.165) is 16.8 Å². The van der Waals surface area contributed by atoms with Gasteiger partial charge in [0.1, 0.15) is 5.82 Å². The van der Waals surface area contributed by atoms with Crippen molar-refractivity contribution >= 4 is 5.91 Å².